The van der Waals surface area contributed by atoms with Crippen LogP contribution in [0.4, 0.5) is 0 Å². The zero-order valence-corrected chi connectivity index (χ0v) is 11.2. The quantitative estimate of drug-likeness (QED) is 0.818. The molecule has 16 heavy (non-hydrogen) atoms. The third kappa shape index (κ3) is 3.03. The molecule has 0 aliphatic carbocycles. The Bertz CT molecular complexity index is 370. The monoisotopic (exact) mass is 237 g/mol. The first kappa shape index (κ1) is 13.1. The molecule has 0 fully saturated rings. The fourth-order valence-electron chi connectivity index (χ4n) is 1.42. The van der Waals surface area contributed by atoms with Crippen molar-refractivity contribution in [2.24, 2.45) is 0 Å². The number of aromatic nitrogens is 2. The van der Waals surface area contributed by atoms with Crippen LogP contribution >= 0.6 is 11.5 Å². The van der Waals surface area contributed by atoms with Gasteiger partial charge in [-0.05, 0) is 24.5 Å². The van der Waals surface area contributed by atoms with Crippen LogP contribution in [0.2, 0.25) is 0 Å². The summed E-state index contributed by atoms with van der Waals surface area (Å²) < 4.78 is 4.02. The predicted molar refractivity (Wildman–Crippen MR) is 68.5 cm³/mol. The standard InChI is InChI=1S/C12H19N3S/c1-6-8-13-9(7-2)10-11(12(3,4)5)14-15-16-10/h2,9,13H,6,8H2,1,3-5H3. The van der Waals surface area contributed by atoms with E-state index in [1.54, 1.807) is 0 Å². The van der Waals surface area contributed by atoms with Crippen molar-refractivity contribution < 1.29 is 0 Å². The Kier molecular flexibility index (Phi) is 4.45. The smallest absolute Gasteiger partial charge is 0.107 e. The molecule has 3 nitrogen and oxygen atoms in total. The summed E-state index contributed by atoms with van der Waals surface area (Å²) in [5, 5.41) is 7.53. The Morgan fingerprint density at radius 2 is 2.19 bits per heavy atom. The third-order valence-electron chi connectivity index (χ3n) is 2.25. The van der Waals surface area contributed by atoms with Gasteiger partial charge in [0.05, 0.1) is 10.6 Å². The van der Waals surface area contributed by atoms with Crippen molar-refractivity contribution in [2.75, 3.05) is 6.54 Å². The van der Waals surface area contributed by atoms with Gasteiger partial charge in [-0.2, -0.15) is 0 Å². The summed E-state index contributed by atoms with van der Waals surface area (Å²) >= 11 is 1.39. The highest BCUT2D eigenvalue weighted by Crippen LogP contribution is 2.29. The number of rotatable bonds is 4. The van der Waals surface area contributed by atoms with Crippen molar-refractivity contribution in [3.8, 4) is 12.3 Å². The van der Waals surface area contributed by atoms with E-state index in [0.717, 1.165) is 23.5 Å². The Hall–Kier alpha value is -0.920. The SMILES string of the molecule is C#CC(NCCC)c1snnc1C(C)(C)C. The average Bonchev–Trinajstić information content (AvgIpc) is 2.67. The zero-order chi connectivity index (χ0) is 12.2. The minimum absolute atomic E-state index is 0.00860. The fourth-order valence-corrected chi connectivity index (χ4v) is 2.32. The molecule has 0 aliphatic heterocycles. The van der Waals surface area contributed by atoms with E-state index in [0.29, 0.717) is 0 Å². The largest absolute Gasteiger partial charge is 0.299 e. The van der Waals surface area contributed by atoms with Crippen LogP contribution in [0.25, 0.3) is 0 Å². The van der Waals surface area contributed by atoms with Crippen molar-refractivity contribution in [1.82, 2.24) is 14.9 Å². The van der Waals surface area contributed by atoms with Crippen molar-refractivity contribution in [1.29, 1.82) is 0 Å². The highest BCUT2D eigenvalue weighted by atomic mass is 32.1. The molecule has 88 valence electrons. The molecule has 0 saturated carbocycles. The molecule has 1 atom stereocenters. The number of nitrogens with zero attached hydrogens (tertiary/aromatic N) is 2. The lowest BCUT2D eigenvalue weighted by Gasteiger charge is -2.19. The molecule has 1 unspecified atom stereocenters. The van der Waals surface area contributed by atoms with Crippen LogP contribution in [0, 0.1) is 12.3 Å². The summed E-state index contributed by atoms with van der Waals surface area (Å²) in [4.78, 5) is 1.07. The van der Waals surface area contributed by atoms with Gasteiger partial charge < -0.3 is 0 Å². The van der Waals surface area contributed by atoms with Crippen LogP contribution in [-0.4, -0.2) is 16.1 Å². The molecule has 0 radical (unpaired) electrons. The van der Waals surface area contributed by atoms with E-state index in [-0.39, 0.29) is 11.5 Å². The third-order valence-corrected chi connectivity index (χ3v) is 3.04. The lowest BCUT2D eigenvalue weighted by Crippen LogP contribution is -2.23. The van der Waals surface area contributed by atoms with Gasteiger partial charge in [0.2, 0.25) is 0 Å². The molecule has 1 heterocycles. The molecule has 1 rings (SSSR count). The number of hydrogen-bond donors (Lipinski definition) is 1. The summed E-state index contributed by atoms with van der Waals surface area (Å²) in [6, 6.07) is -0.0609. The second-order valence-electron chi connectivity index (χ2n) is 4.79. The molecule has 4 heteroatoms. The summed E-state index contributed by atoms with van der Waals surface area (Å²) in [7, 11) is 0. The van der Waals surface area contributed by atoms with Crippen molar-refractivity contribution in [2.45, 2.75) is 45.6 Å². The Morgan fingerprint density at radius 3 is 2.69 bits per heavy atom. The Balaban J connectivity index is 2.94. The molecule has 0 saturated heterocycles. The van der Waals surface area contributed by atoms with E-state index in [9.17, 15) is 0 Å². The van der Waals surface area contributed by atoms with Crippen molar-refractivity contribution in [3.63, 3.8) is 0 Å². The average molecular weight is 237 g/mol. The second-order valence-corrected chi connectivity index (χ2v) is 5.58. The second kappa shape index (κ2) is 5.42. The maximum atomic E-state index is 5.56. The first-order valence-electron chi connectivity index (χ1n) is 5.53. The maximum absolute atomic E-state index is 5.56. The van der Waals surface area contributed by atoms with E-state index in [1.807, 2.05) is 0 Å². The summed E-state index contributed by atoms with van der Waals surface area (Å²) in [6.45, 7) is 9.41. The minimum atomic E-state index is -0.0609. The van der Waals surface area contributed by atoms with Crippen LogP contribution in [0.5, 0.6) is 0 Å². The van der Waals surface area contributed by atoms with E-state index in [1.165, 1.54) is 11.5 Å². The summed E-state index contributed by atoms with van der Waals surface area (Å²) in [6.07, 6.45) is 6.62. The molecule has 0 spiro atoms. The van der Waals surface area contributed by atoms with E-state index < -0.39 is 0 Å². The van der Waals surface area contributed by atoms with Gasteiger partial charge in [-0.15, -0.1) is 11.5 Å². The van der Waals surface area contributed by atoms with Gasteiger partial charge >= 0.3 is 0 Å². The van der Waals surface area contributed by atoms with E-state index in [4.69, 9.17) is 6.42 Å². The summed E-state index contributed by atoms with van der Waals surface area (Å²) in [5.41, 5.74) is 0.995. The topological polar surface area (TPSA) is 37.8 Å². The van der Waals surface area contributed by atoms with Crippen LogP contribution in [-0.2, 0) is 5.41 Å². The molecule has 0 aromatic carbocycles. The van der Waals surface area contributed by atoms with E-state index in [2.05, 4.69) is 48.5 Å². The van der Waals surface area contributed by atoms with Crippen molar-refractivity contribution in [3.05, 3.63) is 10.6 Å². The van der Waals surface area contributed by atoms with Gasteiger partial charge in [0.25, 0.3) is 0 Å². The van der Waals surface area contributed by atoms with Gasteiger partial charge in [-0.1, -0.05) is 38.1 Å². The van der Waals surface area contributed by atoms with Gasteiger partial charge in [-0.3, -0.25) is 5.32 Å². The number of hydrogen-bond acceptors (Lipinski definition) is 4. The van der Waals surface area contributed by atoms with Crippen LogP contribution < -0.4 is 5.32 Å². The highest BCUT2D eigenvalue weighted by Gasteiger charge is 2.25. The fraction of sp³-hybridized carbons (Fsp3) is 0.667. The highest BCUT2D eigenvalue weighted by molar-refractivity contribution is 7.05. The lowest BCUT2D eigenvalue weighted by atomic mass is 9.90. The first-order chi connectivity index (χ1) is 7.50. The van der Waals surface area contributed by atoms with Crippen LogP contribution in [0.1, 0.15) is 50.7 Å². The Morgan fingerprint density at radius 1 is 1.50 bits per heavy atom. The lowest BCUT2D eigenvalue weighted by molar-refractivity contribution is 0.545. The van der Waals surface area contributed by atoms with Gasteiger partial charge in [0, 0.05) is 5.41 Å². The molecule has 0 amide bonds. The number of nitrogens with one attached hydrogen (secondary N) is 1. The zero-order valence-electron chi connectivity index (χ0n) is 10.4. The molecule has 1 aromatic rings. The first-order valence-corrected chi connectivity index (χ1v) is 6.30. The minimum Gasteiger partial charge on any atom is -0.299 e. The maximum Gasteiger partial charge on any atom is 0.107 e. The normalized spacial score (nSPS) is 13.4. The predicted octanol–water partition coefficient (Wildman–Crippen LogP) is 2.51. The molecular formula is C12H19N3S. The molecule has 1 aromatic heterocycles. The van der Waals surface area contributed by atoms with Crippen LogP contribution in [0.15, 0.2) is 0 Å². The van der Waals surface area contributed by atoms with Crippen LogP contribution in [0.3, 0.4) is 0 Å². The molecule has 0 bridgehead atoms. The van der Waals surface area contributed by atoms with Crippen molar-refractivity contribution >= 4 is 11.5 Å². The summed E-state index contributed by atoms with van der Waals surface area (Å²) in [5.74, 6) is 2.77. The molecule has 1 N–H and O–H groups in total. The van der Waals surface area contributed by atoms with E-state index >= 15 is 0 Å². The van der Waals surface area contributed by atoms with Gasteiger partial charge in [0.15, 0.2) is 0 Å². The van der Waals surface area contributed by atoms with Gasteiger partial charge in [0.1, 0.15) is 6.04 Å². The number of terminal acetylenes is 1. The Labute approximate surface area is 102 Å². The molecular weight excluding hydrogens is 218 g/mol. The van der Waals surface area contributed by atoms with Gasteiger partial charge in [-0.25, -0.2) is 0 Å². The molecule has 0 aliphatic rings.